The zero-order valence-corrected chi connectivity index (χ0v) is 13.6. The van der Waals surface area contributed by atoms with E-state index in [1.807, 2.05) is 29.6 Å². The van der Waals surface area contributed by atoms with Crippen molar-refractivity contribution in [2.24, 2.45) is 7.05 Å². The van der Waals surface area contributed by atoms with E-state index in [4.69, 9.17) is 0 Å². The van der Waals surface area contributed by atoms with Crippen molar-refractivity contribution in [1.82, 2.24) is 24.8 Å². The number of hydrogen-bond acceptors (Lipinski definition) is 5. The van der Waals surface area contributed by atoms with Crippen LogP contribution in [-0.2, 0) is 7.05 Å². The molecule has 0 bridgehead atoms. The van der Waals surface area contributed by atoms with Gasteiger partial charge in [0.2, 0.25) is 0 Å². The molecular weight excluding hydrogens is 310 g/mol. The van der Waals surface area contributed by atoms with Crippen molar-refractivity contribution in [3.63, 3.8) is 0 Å². The van der Waals surface area contributed by atoms with Crippen molar-refractivity contribution in [3.05, 3.63) is 34.3 Å². The Morgan fingerprint density at radius 3 is 2.90 bits per heavy atom. The summed E-state index contributed by atoms with van der Waals surface area (Å²) in [6, 6.07) is -0.0290. The van der Waals surface area contributed by atoms with E-state index in [2.05, 4.69) is 15.3 Å². The number of imidazole rings is 1. The molecule has 21 heavy (non-hydrogen) atoms. The lowest BCUT2D eigenvalue weighted by Crippen LogP contribution is -2.49. The second-order valence-corrected chi connectivity index (χ2v) is 6.09. The first-order chi connectivity index (χ1) is 9.66. The number of rotatable bonds is 2. The molecular formula is C13H18ClN5OS. The third-order valence-electron chi connectivity index (χ3n) is 3.49. The highest BCUT2D eigenvalue weighted by atomic mass is 35.5. The first-order valence-corrected chi connectivity index (χ1v) is 7.40. The summed E-state index contributed by atoms with van der Waals surface area (Å²) in [4.78, 5) is 23.8. The number of aryl methyl sites for hydroxylation is 2. The molecule has 0 aromatic carbocycles. The summed E-state index contributed by atoms with van der Waals surface area (Å²) < 4.78 is 1.97. The molecule has 0 radical (unpaired) electrons. The molecule has 1 atom stereocenters. The summed E-state index contributed by atoms with van der Waals surface area (Å²) in [6.45, 7) is 4.14. The summed E-state index contributed by atoms with van der Waals surface area (Å²) in [7, 11) is 1.95. The van der Waals surface area contributed by atoms with Gasteiger partial charge in [0.05, 0.1) is 11.2 Å². The Balaban J connectivity index is 0.00000161. The molecule has 8 heteroatoms. The van der Waals surface area contributed by atoms with E-state index >= 15 is 0 Å². The molecule has 2 aromatic rings. The average Bonchev–Trinajstić information content (AvgIpc) is 3.07. The summed E-state index contributed by atoms with van der Waals surface area (Å²) in [5, 5.41) is 4.25. The van der Waals surface area contributed by atoms with Gasteiger partial charge in [-0.3, -0.25) is 4.79 Å². The zero-order valence-electron chi connectivity index (χ0n) is 11.9. The highest BCUT2D eigenvalue weighted by molar-refractivity contribution is 7.13. The largest absolute Gasteiger partial charge is 0.336 e. The number of amides is 1. The Morgan fingerprint density at radius 1 is 1.48 bits per heavy atom. The standard InChI is InChI=1S/C13H17N5OS.ClH/c1-9-16-8-11(20-9)13(19)18-6-3-14-7-10(18)12-15-4-5-17(12)2;/h4-5,8,10,14H,3,6-7H2,1-2H3;1H. The van der Waals surface area contributed by atoms with Gasteiger partial charge in [-0.25, -0.2) is 9.97 Å². The summed E-state index contributed by atoms with van der Waals surface area (Å²) >= 11 is 1.44. The molecule has 1 N–H and O–H groups in total. The fraction of sp³-hybridized carbons (Fsp3) is 0.462. The van der Waals surface area contributed by atoms with Crippen molar-refractivity contribution < 1.29 is 4.79 Å². The normalized spacial score (nSPS) is 18.4. The van der Waals surface area contributed by atoms with Gasteiger partial charge in [-0.05, 0) is 6.92 Å². The Morgan fingerprint density at radius 2 is 2.29 bits per heavy atom. The van der Waals surface area contributed by atoms with Crippen molar-refractivity contribution in [2.75, 3.05) is 19.6 Å². The van der Waals surface area contributed by atoms with E-state index in [1.165, 1.54) is 11.3 Å². The van der Waals surface area contributed by atoms with Crippen LogP contribution in [0.5, 0.6) is 0 Å². The molecule has 1 aliphatic rings. The number of thiazole rings is 1. The molecule has 6 nitrogen and oxygen atoms in total. The molecule has 3 rings (SSSR count). The van der Waals surface area contributed by atoms with E-state index in [0.717, 1.165) is 23.9 Å². The number of nitrogens with zero attached hydrogens (tertiary/aromatic N) is 4. The molecule has 114 valence electrons. The van der Waals surface area contributed by atoms with Crippen molar-refractivity contribution in [1.29, 1.82) is 0 Å². The molecule has 1 saturated heterocycles. The number of piperazine rings is 1. The lowest BCUT2D eigenvalue weighted by Gasteiger charge is -2.35. The maximum absolute atomic E-state index is 12.7. The maximum Gasteiger partial charge on any atom is 0.266 e. The molecule has 1 unspecified atom stereocenters. The molecule has 1 aliphatic heterocycles. The van der Waals surface area contributed by atoms with Crippen LogP contribution < -0.4 is 5.32 Å². The van der Waals surface area contributed by atoms with Crippen LogP contribution in [0.4, 0.5) is 0 Å². The lowest BCUT2D eigenvalue weighted by atomic mass is 10.1. The highest BCUT2D eigenvalue weighted by Gasteiger charge is 2.31. The molecule has 1 fully saturated rings. The first kappa shape index (κ1) is 15.9. The van der Waals surface area contributed by atoms with Crippen LogP contribution in [0, 0.1) is 6.92 Å². The van der Waals surface area contributed by atoms with Crippen LogP contribution in [0.25, 0.3) is 0 Å². The Bertz CT molecular complexity index is 626. The summed E-state index contributed by atoms with van der Waals surface area (Å²) in [5.74, 6) is 0.955. The van der Waals surface area contributed by atoms with E-state index in [-0.39, 0.29) is 24.4 Å². The number of carbonyl (C=O) groups is 1. The van der Waals surface area contributed by atoms with Gasteiger partial charge in [0.1, 0.15) is 16.7 Å². The third-order valence-corrected chi connectivity index (χ3v) is 4.39. The van der Waals surface area contributed by atoms with Gasteiger partial charge >= 0.3 is 0 Å². The summed E-state index contributed by atoms with van der Waals surface area (Å²) in [5.41, 5.74) is 0. The van der Waals surface area contributed by atoms with E-state index < -0.39 is 0 Å². The van der Waals surface area contributed by atoms with Crippen LogP contribution in [0.1, 0.15) is 26.5 Å². The zero-order chi connectivity index (χ0) is 14.1. The third kappa shape index (κ3) is 3.09. The predicted octanol–water partition coefficient (Wildman–Crippen LogP) is 1.39. The Kier molecular flexibility index (Phi) is 4.97. The molecule has 3 heterocycles. The van der Waals surface area contributed by atoms with Gasteiger partial charge in [-0.1, -0.05) is 0 Å². The minimum absolute atomic E-state index is 0. The van der Waals surface area contributed by atoms with Gasteiger partial charge in [-0.2, -0.15) is 0 Å². The number of carbonyl (C=O) groups excluding carboxylic acids is 1. The monoisotopic (exact) mass is 327 g/mol. The van der Waals surface area contributed by atoms with Crippen molar-refractivity contribution >= 4 is 29.7 Å². The first-order valence-electron chi connectivity index (χ1n) is 6.58. The van der Waals surface area contributed by atoms with Gasteiger partial charge in [-0.15, -0.1) is 23.7 Å². The maximum atomic E-state index is 12.7. The van der Waals surface area contributed by atoms with E-state index in [0.29, 0.717) is 11.4 Å². The number of aromatic nitrogens is 3. The van der Waals surface area contributed by atoms with Gasteiger partial charge in [0, 0.05) is 39.1 Å². The molecule has 0 aliphatic carbocycles. The molecule has 0 saturated carbocycles. The average molecular weight is 328 g/mol. The smallest absolute Gasteiger partial charge is 0.266 e. The predicted molar refractivity (Wildman–Crippen MR) is 84.0 cm³/mol. The van der Waals surface area contributed by atoms with Crippen molar-refractivity contribution in [3.8, 4) is 0 Å². The van der Waals surface area contributed by atoms with Crippen LogP contribution in [0.15, 0.2) is 18.6 Å². The molecule has 1 amide bonds. The SMILES string of the molecule is Cc1ncc(C(=O)N2CCNCC2c2nccn2C)s1.Cl. The Labute approximate surface area is 133 Å². The molecule has 0 spiro atoms. The number of nitrogens with one attached hydrogen (secondary N) is 1. The Hall–Kier alpha value is -1.44. The fourth-order valence-electron chi connectivity index (χ4n) is 2.48. The van der Waals surface area contributed by atoms with Crippen LogP contribution >= 0.6 is 23.7 Å². The van der Waals surface area contributed by atoms with Crippen LogP contribution in [-0.4, -0.2) is 45.0 Å². The topological polar surface area (TPSA) is 63.1 Å². The summed E-state index contributed by atoms with van der Waals surface area (Å²) in [6.07, 6.45) is 5.34. The van der Waals surface area contributed by atoms with Crippen LogP contribution in [0.2, 0.25) is 0 Å². The highest BCUT2D eigenvalue weighted by Crippen LogP contribution is 2.24. The van der Waals surface area contributed by atoms with Gasteiger partial charge in [0.25, 0.3) is 5.91 Å². The number of hydrogen-bond donors (Lipinski definition) is 1. The second-order valence-electron chi connectivity index (χ2n) is 4.86. The van der Waals surface area contributed by atoms with E-state index in [9.17, 15) is 4.79 Å². The van der Waals surface area contributed by atoms with Crippen LogP contribution in [0.3, 0.4) is 0 Å². The van der Waals surface area contributed by atoms with Gasteiger partial charge < -0.3 is 14.8 Å². The second kappa shape index (κ2) is 6.55. The number of halogens is 1. The minimum Gasteiger partial charge on any atom is -0.336 e. The quantitative estimate of drug-likeness (QED) is 0.905. The minimum atomic E-state index is -0.0290. The lowest BCUT2D eigenvalue weighted by molar-refractivity contribution is 0.0625. The van der Waals surface area contributed by atoms with E-state index in [1.54, 1.807) is 12.4 Å². The van der Waals surface area contributed by atoms with Crippen molar-refractivity contribution in [2.45, 2.75) is 13.0 Å². The fourth-order valence-corrected chi connectivity index (χ4v) is 3.21. The molecule has 2 aromatic heterocycles. The van der Waals surface area contributed by atoms with Gasteiger partial charge in [0.15, 0.2) is 0 Å².